The van der Waals surface area contributed by atoms with E-state index in [0.29, 0.717) is 29.3 Å². The van der Waals surface area contributed by atoms with Gasteiger partial charge in [-0.1, -0.05) is 25.5 Å². The Kier molecular flexibility index (Phi) is 5.55. The number of rotatable bonds is 6. The highest BCUT2D eigenvalue weighted by Crippen LogP contribution is 2.24. The first-order valence-corrected chi connectivity index (χ1v) is 10.1. The monoisotopic (exact) mass is 371 g/mol. The Labute approximate surface area is 154 Å². The molecular weight excluding hydrogens is 350 g/mol. The lowest BCUT2D eigenvalue weighted by atomic mass is 10.1. The molecule has 1 atom stereocenters. The molecule has 0 N–H and O–H groups in total. The zero-order chi connectivity index (χ0) is 18.6. The summed E-state index contributed by atoms with van der Waals surface area (Å²) >= 11 is 0. The number of hydrogen-bond donors (Lipinski definition) is 0. The number of nitriles is 1. The summed E-state index contributed by atoms with van der Waals surface area (Å²) in [4.78, 5) is 4.39. The van der Waals surface area contributed by atoms with E-state index in [-0.39, 0.29) is 12.6 Å². The molecular formula is C19H21N3O3S. The van der Waals surface area contributed by atoms with Crippen LogP contribution in [0.25, 0.3) is 0 Å². The quantitative estimate of drug-likeness (QED) is 0.780. The van der Waals surface area contributed by atoms with E-state index in [2.05, 4.69) is 11.9 Å². The summed E-state index contributed by atoms with van der Waals surface area (Å²) < 4.78 is 32.8. The zero-order valence-electron chi connectivity index (χ0n) is 14.6. The minimum Gasteiger partial charge on any atom is -0.473 e. The fourth-order valence-corrected chi connectivity index (χ4v) is 4.48. The van der Waals surface area contributed by atoms with Crippen molar-refractivity contribution in [2.75, 3.05) is 13.1 Å². The Bertz CT molecular complexity index is 904. The van der Waals surface area contributed by atoms with Crippen LogP contribution >= 0.6 is 0 Å². The van der Waals surface area contributed by atoms with Gasteiger partial charge in [0.05, 0.1) is 23.1 Å². The normalized spacial score (nSPS) is 17.8. The van der Waals surface area contributed by atoms with Gasteiger partial charge < -0.3 is 4.74 Å². The highest BCUT2D eigenvalue weighted by atomic mass is 32.2. The average molecular weight is 371 g/mol. The zero-order valence-corrected chi connectivity index (χ0v) is 15.4. The average Bonchev–Trinajstić information content (AvgIpc) is 3.12. The standard InChI is InChI=1S/C19H21N3O3S/c1-2-3-15-4-6-18(7-5-15)26(23,24)22-11-9-17(14-22)25-19-12-16(13-20)8-10-21-19/h4-8,10,12,17H,2-3,9,11,14H2,1H3. The smallest absolute Gasteiger partial charge is 0.243 e. The van der Waals surface area contributed by atoms with Crippen LogP contribution in [0.4, 0.5) is 0 Å². The molecule has 0 aliphatic carbocycles. The highest BCUT2D eigenvalue weighted by molar-refractivity contribution is 7.89. The molecule has 6 nitrogen and oxygen atoms in total. The van der Waals surface area contributed by atoms with E-state index in [1.54, 1.807) is 24.3 Å². The summed E-state index contributed by atoms with van der Waals surface area (Å²) in [6.45, 7) is 2.77. The van der Waals surface area contributed by atoms with E-state index >= 15 is 0 Å². The molecule has 26 heavy (non-hydrogen) atoms. The molecule has 1 aromatic heterocycles. The van der Waals surface area contributed by atoms with Crippen LogP contribution in [0.1, 0.15) is 30.9 Å². The third kappa shape index (κ3) is 4.03. The Balaban J connectivity index is 1.68. The van der Waals surface area contributed by atoms with Crippen LogP contribution in [0, 0.1) is 11.3 Å². The number of pyridine rings is 1. The SMILES string of the molecule is CCCc1ccc(S(=O)(=O)N2CCC(Oc3cc(C#N)ccn3)C2)cc1. The lowest BCUT2D eigenvalue weighted by molar-refractivity contribution is 0.207. The van der Waals surface area contributed by atoms with Crippen molar-refractivity contribution < 1.29 is 13.2 Å². The second-order valence-corrected chi connectivity index (χ2v) is 8.22. The van der Waals surface area contributed by atoms with Crippen LogP contribution in [0.15, 0.2) is 47.5 Å². The molecule has 1 saturated heterocycles. The molecule has 0 bridgehead atoms. The molecule has 0 radical (unpaired) electrons. The number of hydrogen-bond acceptors (Lipinski definition) is 5. The van der Waals surface area contributed by atoms with E-state index in [0.717, 1.165) is 18.4 Å². The van der Waals surface area contributed by atoms with Gasteiger partial charge in [-0.05, 0) is 36.6 Å². The lowest BCUT2D eigenvalue weighted by Gasteiger charge is -2.17. The van der Waals surface area contributed by atoms with Crippen molar-refractivity contribution in [3.05, 3.63) is 53.7 Å². The molecule has 0 saturated carbocycles. The molecule has 136 valence electrons. The van der Waals surface area contributed by atoms with Gasteiger partial charge in [-0.2, -0.15) is 9.57 Å². The van der Waals surface area contributed by atoms with Crippen molar-refractivity contribution in [2.24, 2.45) is 0 Å². The van der Waals surface area contributed by atoms with Gasteiger partial charge in [0.2, 0.25) is 15.9 Å². The Hall–Kier alpha value is -2.43. The van der Waals surface area contributed by atoms with Crippen molar-refractivity contribution in [2.45, 2.75) is 37.2 Å². The van der Waals surface area contributed by atoms with Gasteiger partial charge in [0.25, 0.3) is 0 Å². The Morgan fingerprint density at radius 3 is 2.77 bits per heavy atom. The van der Waals surface area contributed by atoms with Crippen LogP contribution in [0.2, 0.25) is 0 Å². The summed E-state index contributed by atoms with van der Waals surface area (Å²) in [6.07, 6.45) is 3.79. The number of sulfonamides is 1. The van der Waals surface area contributed by atoms with Gasteiger partial charge >= 0.3 is 0 Å². The van der Waals surface area contributed by atoms with E-state index in [1.165, 1.54) is 10.5 Å². The van der Waals surface area contributed by atoms with Crippen molar-refractivity contribution in [3.8, 4) is 11.9 Å². The number of benzene rings is 1. The second kappa shape index (κ2) is 7.85. The maximum atomic E-state index is 12.8. The summed E-state index contributed by atoms with van der Waals surface area (Å²) in [6, 6.07) is 12.3. The van der Waals surface area contributed by atoms with Crippen LogP contribution < -0.4 is 4.74 Å². The van der Waals surface area contributed by atoms with Gasteiger partial charge in [-0.25, -0.2) is 13.4 Å². The number of aromatic nitrogens is 1. The molecule has 2 heterocycles. The topological polar surface area (TPSA) is 83.3 Å². The molecule has 1 aromatic carbocycles. The number of aryl methyl sites for hydroxylation is 1. The van der Waals surface area contributed by atoms with E-state index < -0.39 is 10.0 Å². The van der Waals surface area contributed by atoms with Crippen molar-refractivity contribution in [1.82, 2.24) is 9.29 Å². The third-order valence-corrected chi connectivity index (χ3v) is 6.24. The lowest BCUT2D eigenvalue weighted by Crippen LogP contribution is -2.31. The molecule has 1 aliphatic heterocycles. The molecule has 7 heteroatoms. The minimum absolute atomic E-state index is 0.273. The van der Waals surface area contributed by atoms with E-state index in [1.807, 2.05) is 18.2 Å². The maximum absolute atomic E-state index is 12.8. The van der Waals surface area contributed by atoms with Crippen LogP contribution in [0.3, 0.4) is 0 Å². The summed E-state index contributed by atoms with van der Waals surface area (Å²) in [5.74, 6) is 0.345. The molecule has 3 rings (SSSR count). The van der Waals surface area contributed by atoms with Gasteiger partial charge in [0, 0.05) is 18.8 Å². The summed E-state index contributed by atoms with van der Waals surface area (Å²) in [7, 11) is -3.53. The fourth-order valence-electron chi connectivity index (χ4n) is 2.99. The van der Waals surface area contributed by atoms with Gasteiger partial charge in [0.15, 0.2) is 0 Å². The fraction of sp³-hybridized carbons (Fsp3) is 0.368. The van der Waals surface area contributed by atoms with Crippen LogP contribution in [-0.2, 0) is 16.4 Å². The van der Waals surface area contributed by atoms with Crippen molar-refractivity contribution in [3.63, 3.8) is 0 Å². The van der Waals surface area contributed by atoms with E-state index in [9.17, 15) is 8.42 Å². The second-order valence-electron chi connectivity index (χ2n) is 6.28. The first-order chi connectivity index (χ1) is 12.5. The van der Waals surface area contributed by atoms with Crippen molar-refractivity contribution >= 4 is 10.0 Å². The molecule has 2 aromatic rings. The summed E-state index contributed by atoms with van der Waals surface area (Å²) in [5.41, 5.74) is 1.60. The van der Waals surface area contributed by atoms with Crippen molar-refractivity contribution in [1.29, 1.82) is 5.26 Å². The molecule has 1 unspecified atom stereocenters. The first kappa shape index (κ1) is 18.4. The Morgan fingerprint density at radius 1 is 1.31 bits per heavy atom. The number of ether oxygens (including phenoxy) is 1. The third-order valence-electron chi connectivity index (χ3n) is 4.36. The maximum Gasteiger partial charge on any atom is 0.243 e. The van der Waals surface area contributed by atoms with Crippen LogP contribution in [-0.4, -0.2) is 36.9 Å². The highest BCUT2D eigenvalue weighted by Gasteiger charge is 2.33. The molecule has 0 amide bonds. The van der Waals surface area contributed by atoms with E-state index in [4.69, 9.17) is 10.00 Å². The molecule has 1 aliphatic rings. The van der Waals surface area contributed by atoms with Gasteiger partial charge in [-0.3, -0.25) is 0 Å². The molecule has 1 fully saturated rings. The van der Waals surface area contributed by atoms with Crippen LogP contribution in [0.5, 0.6) is 5.88 Å². The van der Waals surface area contributed by atoms with Gasteiger partial charge in [-0.15, -0.1) is 0 Å². The first-order valence-electron chi connectivity index (χ1n) is 8.65. The predicted octanol–water partition coefficient (Wildman–Crippen LogP) is 2.75. The largest absolute Gasteiger partial charge is 0.473 e. The summed E-state index contributed by atoms with van der Waals surface area (Å²) in [5, 5.41) is 8.93. The Morgan fingerprint density at radius 2 is 2.08 bits per heavy atom. The van der Waals surface area contributed by atoms with Gasteiger partial charge in [0.1, 0.15) is 6.10 Å². The molecule has 0 spiro atoms. The minimum atomic E-state index is -3.53. The predicted molar refractivity (Wildman–Crippen MR) is 97.2 cm³/mol. The number of nitrogens with zero attached hydrogens (tertiary/aromatic N) is 3.